The number of carbonyl (C=O) groups excluding carboxylic acids is 1. The molecule has 0 aliphatic carbocycles. The molecule has 3 heterocycles. The number of H-pyrrole nitrogens is 1. The fraction of sp³-hybridized carbons (Fsp3) is 0.333. The van der Waals surface area contributed by atoms with Crippen LogP contribution in [0.15, 0.2) is 35.1 Å². The van der Waals surface area contributed by atoms with Crippen LogP contribution in [0.2, 0.25) is 0 Å². The number of carbonyl (C=O) groups is 1. The minimum Gasteiger partial charge on any atom is -0.497 e. The van der Waals surface area contributed by atoms with Crippen molar-refractivity contribution in [3.05, 3.63) is 47.4 Å². The van der Waals surface area contributed by atoms with E-state index in [1.807, 2.05) is 36.1 Å². The molecule has 2 aromatic heterocycles. The number of nitrogens with one attached hydrogen (secondary N) is 1. The number of aromatic amines is 1. The smallest absolute Gasteiger partial charge is 0.258 e. The first kappa shape index (κ1) is 16.3. The highest BCUT2D eigenvalue weighted by Gasteiger charge is 2.35. The summed E-state index contributed by atoms with van der Waals surface area (Å²) in [5.74, 6) is 0.639. The van der Waals surface area contributed by atoms with Crippen LogP contribution in [0.4, 0.5) is 0 Å². The summed E-state index contributed by atoms with van der Waals surface area (Å²) in [6, 6.07) is 7.41. The largest absolute Gasteiger partial charge is 0.497 e. The van der Waals surface area contributed by atoms with Gasteiger partial charge in [-0.05, 0) is 31.9 Å². The Morgan fingerprint density at radius 3 is 3.04 bits per heavy atom. The van der Waals surface area contributed by atoms with Crippen molar-refractivity contribution >= 4 is 5.91 Å². The van der Waals surface area contributed by atoms with E-state index < -0.39 is 0 Å². The van der Waals surface area contributed by atoms with Crippen molar-refractivity contribution in [1.82, 2.24) is 25.4 Å². The van der Waals surface area contributed by atoms with Gasteiger partial charge in [0.2, 0.25) is 0 Å². The zero-order chi connectivity index (χ0) is 18.1. The van der Waals surface area contributed by atoms with E-state index in [9.17, 15) is 4.79 Å². The summed E-state index contributed by atoms with van der Waals surface area (Å²) in [6.45, 7) is 2.50. The Kier molecular flexibility index (Phi) is 4.16. The fourth-order valence-electron chi connectivity index (χ4n) is 3.44. The molecule has 1 atom stereocenters. The van der Waals surface area contributed by atoms with Crippen molar-refractivity contribution in [2.24, 2.45) is 0 Å². The zero-order valence-corrected chi connectivity index (χ0v) is 14.6. The highest BCUT2D eigenvalue weighted by Crippen LogP contribution is 2.35. The Balaban J connectivity index is 1.67. The molecular formula is C18H19N5O3. The molecule has 0 saturated carbocycles. The van der Waals surface area contributed by atoms with Crippen LogP contribution < -0.4 is 4.74 Å². The molecule has 0 spiro atoms. The number of benzene rings is 1. The second-order valence-electron chi connectivity index (χ2n) is 6.28. The maximum Gasteiger partial charge on any atom is 0.258 e. The number of methoxy groups -OCH3 is 1. The Morgan fingerprint density at radius 2 is 2.27 bits per heavy atom. The Bertz CT molecular complexity index is 932. The third-order valence-electron chi connectivity index (χ3n) is 4.75. The van der Waals surface area contributed by atoms with Gasteiger partial charge in [0.15, 0.2) is 0 Å². The number of rotatable bonds is 4. The highest BCUT2D eigenvalue weighted by atomic mass is 16.6. The monoisotopic (exact) mass is 353 g/mol. The molecule has 0 radical (unpaired) electrons. The van der Waals surface area contributed by atoms with E-state index in [1.54, 1.807) is 13.3 Å². The first-order chi connectivity index (χ1) is 12.7. The van der Waals surface area contributed by atoms with E-state index in [2.05, 4.69) is 20.5 Å². The molecular weight excluding hydrogens is 334 g/mol. The SMILES string of the molecule is COc1cccc(-c2[nH]ncc2C(=O)N2CCC[C@H]2c2nonc2C)c1. The average Bonchev–Trinajstić information content (AvgIpc) is 3.41. The van der Waals surface area contributed by atoms with Crippen LogP contribution in [0.5, 0.6) is 5.75 Å². The maximum absolute atomic E-state index is 13.2. The summed E-state index contributed by atoms with van der Waals surface area (Å²) in [7, 11) is 1.61. The van der Waals surface area contributed by atoms with Gasteiger partial charge < -0.3 is 9.64 Å². The summed E-state index contributed by atoms with van der Waals surface area (Å²) >= 11 is 0. The number of likely N-dealkylation sites (tertiary alicyclic amines) is 1. The fourth-order valence-corrected chi connectivity index (χ4v) is 3.44. The molecule has 1 saturated heterocycles. The van der Waals surface area contributed by atoms with E-state index in [4.69, 9.17) is 9.37 Å². The number of nitrogens with zero attached hydrogens (tertiary/aromatic N) is 4. The van der Waals surface area contributed by atoms with Gasteiger partial charge >= 0.3 is 0 Å². The molecule has 1 amide bonds. The normalized spacial score (nSPS) is 16.8. The van der Waals surface area contributed by atoms with Gasteiger partial charge in [0, 0.05) is 12.1 Å². The quantitative estimate of drug-likeness (QED) is 0.774. The van der Waals surface area contributed by atoms with Crippen molar-refractivity contribution in [3.8, 4) is 17.0 Å². The molecule has 26 heavy (non-hydrogen) atoms. The first-order valence-electron chi connectivity index (χ1n) is 8.47. The molecule has 1 aromatic carbocycles. The predicted molar refractivity (Wildman–Crippen MR) is 92.6 cm³/mol. The lowest BCUT2D eigenvalue weighted by Gasteiger charge is -2.23. The minimum atomic E-state index is -0.123. The number of aryl methyl sites for hydroxylation is 1. The lowest BCUT2D eigenvalue weighted by molar-refractivity contribution is 0.0731. The van der Waals surface area contributed by atoms with Crippen molar-refractivity contribution in [3.63, 3.8) is 0 Å². The van der Waals surface area contributed by atoms with Gasteiger partial charge in [-0.25, -0.2) is 4.63 Å². The summed E-state index contributed by atoms with van der Waals surface area (Å²) in [4.78, 5) is 15.0. The molecule has 8 nitrogen and oxygen atoms in total. The lowest BCUT2D eigenvalue weighted by atomic mass is 10.1. The van der Waals surface area contributed by atoms with Gasteiger partial charge in [-0.1, -0.05) is 22.4 Å². The van der Waals surface area contributed by atoms with Crippen LogP contribution in [-0.2, 0) is 0 Å². The van der Waals surface area contributed by atoms with Crippen molar-refractivity contribution < 1.29 is 14.2 Å². The molecule has 0 unspecified atom stereocenters. The predicted octanol–water partition coefficient (Wildman–Crippen LogP) is 2.75. The van der Waals surface area contributed by atoms with Crippen molar-refractivity contribution in [1.29, 1.82) is 0 Å². The first-order valence-corrected chi connectivity index (χ1v) is 8.47. The molecule has 1 fully saturated rings. The number of aromatic nitrogens is 4. The zero-order valence-electron chi connectivity index (χ0n) is 14.6. The number of hydrogen-bond acceptors (Lipinski definition) is 6. The molecule has 1 aliphatic heterocycles. The van der Waals surface area contributed by atoms with Crippen LogP contribution in [-0.4, -0.2) is 45.0 Å². The van der Waals surface area contributed by atoms with E-state index in [1.165, 1.54) is 0 Å². The molecule has 8 heteroatoms. The molecule has 1 aliphatic rings. The van der Waals surface area contributed by atoms with Crippen LogP contribution in [0, 0.1) is 6.92 Å². The maximum atomic E-state index is 13.2. The van der Waals surface area contributed by atoms with Crippen LogP contribution >= 0.6 is 0 Å². The summed E-state index contributed by atoms with van der Waals surface area (Å²) < 4.78 is 10.1. The lowest BCUT2D eigenvalue weighted by Crippen LogP contribution is -2.31. The summed E-state index contributed by atoms with van der Waals surface area (Å²) in [5, 5.41) is 14.9. The second kappa shape index (κ2) is 6.62. The molecule has 134 valence electrons. The Morgan fingerprint density at radius 1 is 1.38 bits per heavy atom. The van der Waals surface area contributed by atoms with Crippen molar-refractivity contribution in [2.45, 2.75) is 25.8 Å². The van der Waals surface area contributed by atoms with Gasteiger partial charge in [-0.2, -0.15) is 5.10 Å². The minimum absolute atomic E-state index is 0.0820. The van der Waals surface area contributed by atoms with Crippen LogP contribution in [0.1, 0.15) is 40.6 Å². The Labute approximate surface area is 150 Å². The van der Waals surface area contributed by atoms with Gasteiger partial charge in [0.05, 0.1) is 30.6 Å². The summed E-state index contributed by atoms with van der Waals surface area (Å²) in [5.41, 5.74) is 3.49. The van der Waals surface area contributed by atoms with Gasteiger partial charge in [-0.3, -0.25) is 9.89 Å². The number of hydrogen-bond donors (Lipinski definition) is 1. The van der Waals surface area contributed by atoms with E-state index in [0.717, 1.165) is 35.5 Å². The number of ether oxygens (including phenoxy) is 1. The van der Waals surface area contributed by atoms with Gasteiger partial charge in [0.1, 0.15) is 17.1 Å². The third-order valence-corrected chi connectivity index (χ3v) is 4.75. The Hall–Kier alpha value is -3.16. The van der Waals surface area contributed by atoms with Gasteiger partial charge in [-0.15, -0.1) is 0 Å². The van der Waals surface area contributed by atoms with E-state index in [-0.39, 0.29) is 11.9 Å². The average molecular weight is 353 g/mol. The van der Waals surface area contributed by atoms with Crippen molar-refractivity contribution in [2.75, 3.05) is 13.7 Å². The van der Waals surface area contributed by atoms with E-state index >= 15 is 0 Å². The topological polar surface area (TPSA) is 97.1 Å². The second-order valence-corrected chi connectivity index (χ2v) is 6.28. The highest BCUT2D eigenvalue weighted by molar-refractivity contribution is 6.00. The third kappa shape index (κ3) is 2.73. The molecule has 1 N–H and O–H groups in total. The number of amides is 1. The molecule has 4 rings (SSSR count). The molecule has 3 aromatic rings. The van der Waals surface area contributed by atoms with E-state index in [0.29, 0.717) is 17.8 Å². The van der Waals surface area contributed by atoms with Gasteiger partial charge in [0.25, 0.3) is 5.91 Å². The summed E-state index contributed by atoms with van der Waals surface area (Å²) in [6.07, 6.45) is 3.32. The standard InChI is InChI=1S/C18H19N5O3/c1-11-16(22-26-21-11)15-7-4-8-23(15)18(24)14-10-19-20-17(14)12-5-3-6-13(9-12)25-2/h3,5-6,9-10,15H,4,7-8H2,1-2H3,(H,19,20)/t15-/m0/s1. The van der Waals surface area contributed by atoms with Crippen LogP contribution in [0.25, 0.3) is 11.3 Å². The molecule has 0 bridgehead atoms. The van der Waals surface area contributed by atoms with Crippen LogP contribution in [0.3, 0.4) is 0 Å².